The van der Waals surface area contributed by atoms with Crippen molar-refractivity contribution in [3.63, 3.8) is 0 Å². The summed E-state index contributed by atoms with van der Waals surface area (Å²) in [6.07, 6.45) is 7.76. The molecule has 0 aliphatic heterocycles. The molecule has 0 fully saturated rings. The van der Waals surface area contributed by atoms with Gasteiger partial charge in [-0.25, -0.2) is 4.58 Å². The number of allylic oxidation sites excluding steroid dienone is 3. The molecule has 0 aliphatic rings. The zero-order valence-corrected chi connectivity index (χ0v) is 5.46. The number of hydrogen-bond acceptors (Lipinski definition) is 0. The third-order valence-electron chi connectivity index (χ3n) is 0.644. The first-order valence-corrected chi connectivity index (χ1v) is 2.60. The van der Waals surface area contributed by atoms with Crippen molar-refractivity contribution in [2.24, 2.45) is 0 Å². The lowest BCUT2D eigenvalue weighted by molar-refractivity contribution is -0.412. The van der Waals surface area contributed by atoms with E-state index in [1.54, 1.807) is 4.58 Å². The van der Waals surface area contributed by atoms with Crippen molar-refractivity contribution in [3.05, 3.63) is 24.4 Å². The van der Waals surface area contributed by atoms with E-state index in [1.807, 2.05) is 38.4 Å². The zero-order chi connectivity index (χ0) is 6.41. The summed E-state index contributed by atoms with van der Waals surface area (Å²) in [5, 5.41) is 0. The fourth-order valence-electron chi connectivity index (χ4n) is 0.308. The van der Waals surface area contributed by atoms with Crippen molar-refractivity contribution in [3.8, 4) is 0 Å². The Hall–Kier alpha value is -0.850. The Morgan fingerprint density at radius 3 is 2.38 bits per heavy atom. The highest BCUT2D eigenvalue weighted by Crippen LogP contribution is 1.73. The molecule has 0 unspecified atom stereocenters. The first-order valence-electron chi connectivity index (χ1n) is 2.60. The molecule has 0 saturated heterocycles. The van der Waals surface area contributed by atoms with Gasteiger partial charge in [0.15, 0.2) is 6.20 Å². The second kappa shape index (κ2) is 4.31. The normalized spacial score (nSPS) is 11.2. The molecular formula is C7H12N+. The lowest BCUT2D eigenvalue weighted by Crippen LogP contribution is -1.86. The standard InChI is InChI=1S/C7H12N/c1-4-5-6-7-8(2)3/h4-7H,2H2,1,3H3/q+1. The van der Waals surface area contributed by atoms with Crippen molar-refractivity contribution in [1.82, 2.24) is 0 Å². The highest BCUT2D eigenvalue weighted by Gasteiger charge is 1.71. The van der Waals surface area contributed by atoms with Crippen LogP contribution in [0.5, 0.6) is 0 Å². The molecule has 1 heteroatoms. The maximum absolute atomic E-state index is 3.62. The van der Waals surface area contributed by atoms with E-state index in [0.29, 0.717) is 0 Å². The van der Waals surface area contributed by atoms with Crippen LogP contribution in [0.3, 0.4) is 0 Å². The lowest BCUT2D eigenvalue weighted by Gasteiger charge is -1.74. The average molecular weight is 110 g/mol. The molecule has 0 aromatic carbocycles. The summed E-state index contributed by atoms with van der Waals surface area (Å²) in [7, 11) is 1.89. The topological polar surface area (TPSA) is 3.01 Å². The van der Waals surface area contributed by atoms with E-state index in [4.69, 9.17) is 0 Å². The Bertz CT molecular complexity index is 120. The van der Waals surface area contributed by atoms with Crippen molar-refractivity contribution in [1.29, 1.82) is 0 Å². The molecule has 0 rings (SSSR count). The largest absolute Gasteiger partial charge is 0.214 e. The van der Waals surface area contributed by atoms with E-state index < -0.39 is 0 Å². The fourth-order valence-corrected chi connectivity index (χ4v) is 0.308. The van der Waals surface area contributed by atoms with Crippen molar-refractivity contribution in [2.75, 3.05) is 7.05 Å². The van der Waals surface area contributed by atoms with Crippen LogP contribution in [0.1, 0.15) is 6.92 Å². The molecule has 0 aromatic heterocycles. The van der Waals surface area contributed by atoms with Crippen LogP contribution in [0.25, 0.3) is 0 Å². The molecule has 0 radical (unpaired) electrons. The van der Waals surface area contributed by atoms with Gasteiger partial charge in [0, 0.05) is 6.08 Å². The molecule has 1 nitrogen and oxygen atoms in total. The van der Waals surface area contributed by atoms with Crippen molar-refractivity contribution < 1.29 is 4.58 Å². The molecule has 0 spiro atoms. The Labute approximate surface area is 50.7 Å². The SMILES string of the molecule is C=[N+](C)C=CC=CC. The quantitative estimate of drug-likeness (QED) is 0.287. The zero-order valence-electron chi connectivity index (χ0n) is 5.46. The summed E-state index contributed by atoms with van der Waals surface area (Å²) in [4.78, 5) is 0. The van der Waals surface area contributed by atoms with Crippen LogP contribution in [-0.4, -0.2) is 18.3 Å². The van der Waals surface area contributed by atoms with E-state index in [1.165, 1.54) is 0 Å². The predicted octanol–water partition coefficient (Wildman–Crippen LogP) is 1.42. The molecule has 0 saturated carbocycles. The van der Waals surface area contributed by atoms with E-state index >= 15 is 0 Å². The maximum atomic E-state index is 3.62. The van der Waals surface area contributed by atoms with Crippen LogP contribution in [0.15, 0.2) is 24.4 Å². The Morgan fingerprint density at radius 2 is 2.00 bits per heavy atom. The molecule has 44 valence electrons. The predicted molar refractivity (Wildman–Crippen MR) is 37.3 cm³/mol. The Morgan fingerprint density at radius 1 is 1.38 bits per heavy atom. The average Bonchev–Trinajstić information content (AvgIpc) is 1.66. The molecule has 0 N–H and O–H groups in total. The molecule has 0 atom stereocenters. The van der Waals surface area contributed by atoms with Gasteiger partial charge < -0.3 is 0 Å². The van der Waals surface area contributed by atoms with Crippen molar-refractivity contribution in [2.45, 2.75) is 6.92 Å². The summed E-state index contributed by atoms with van der Waals surface area (Å²) in [6.45, 7) is 5.60. The lowest BCUT2D eigenvalue weighted by atomic mass is 10.5. The van der Waals surface area contributed by atoms with Gasteiger partial charge in [0.2, 0.25) is 0 Å². The summed E-state index contributed by atoms with van der Waals surface area (Å²) >= 11 is 0. The minimum atomic E-state index is 1.75. The monoisotopic (exact) mass is 110 g/mol. The van der Waals surface area contributed by atoms with Gasteiger partial charge in [0.05, 0.1) is 0 Å². The van der Waals surface area contributed by atoms with Crippen LogP contribution in [-0.2, 0) is 0 Å². The summed E-state index contributed by atoms with van der Waals surface area (Å²) in [5.74, 6) is 0. The molecular weight excluding hydrogens is 98.1 g/mol. The van der Waals surface area contributed by atoms with Crippen LogP contribution in [0, 0.1) is 0 Å². The summed E-state index contributed by atoms with van der Waals surface area (Å²) < 4.78 is 1.75. The first kappa shape index (κ1) is 7.15. The van der Waals surface area contributed by atoms with Gasteiger partial charge in [-0.3, -0.25) is 0 Å². The highest BCUT2D eigenvalue weighted by molar-refractivity contribution is 5.15. The van der Waals surface area contributed by atoms with Gasteiger partial charge in [-0.2, -0.15) is 0 Å². The second-order valence-electron chi connectivity index (χ2n) is 1.62. The molecule has 0 aromatic rings. The highest BCUT2D eigenvalue weighted by atomic mass is 14.9. The molecule has 8 heavy (non-hydrogen) atoms. The number of hydrogen-bond donors (Lipinski definition) is 0. The number of rotatable bonds is 2. The second-order valence-corrected chi connectivity index (χ2v) is 1.62. The molecule has 0 amide bonds. The van der Waals surface area contributed by atoms with Gasteiger partial charge in [-0.15, -0.1) is 0 Å². The first-order chi connectivity index (χ1) is 3.77. The van der Waals surface area contributed by atoms with Crippen LogP contribution < -0.4 is 0 Å². The molecule has 0 bridgehead atoms. The summed E-state index contributed by atoms with van der Waals surface area (Å²) in [6, 6.07) is 0. The molecule has 0 aliphatic carbocycles. The van der Waals surface area contributed by atoms with Crippen LogP contribution in [0.2, 0.25) is 0 Å². The maximum Gasteiger partial charge on any atom is 0.167 e. The minimum absolute atomic E-state index is 1.75. The van der Waals surface area contributed by atoms with Gasteiger partial charge >= 0.3 is 0 Å². The fraction of sp³-hybridized carbons (Fsp3) is 0.286. The van der Waals surface area contributed by atoms with Gasteiger partial charge in [-0.05, 0) is 6.92 Å². The van der Waals surface area contributed by atoms with E-state index in [0.717, 1.165) is 0 Å². The third kappa shape index (κ3) is 5.15. The van der Waals surface area contributed by atoms with Gasteiger partial charge in [0.25, 0.3) is 0 Å². The number of nitrogens with zero attached hydrogens (tertiary/aromatic N) is 1. The Balaban J connectivity index is 3.50. The Kier molecular flexibility index (Phi) is 3.85. The van der Waals surface area contributed by atoms with Gasteiger partial charge in [-0.1, -0.05) is 12.2 Å². The van der Waals surface area contributed by atoms with Crippen molar-refractivity contribution >= 4 is 6.72 Å². The van der Waals surface area contributed by atoms with E-state index in [2.05, 4.69) is 6.72 Å². The smallest absolute Gasteiger partial charge is 0.167 e. The molecule has 0 heterocycles. The minimum Gasteiger partial charge on any atom is -0.214 e. The van der Waals surface area contributed by atoms with E-state index in [-0.39, 0.29) is 0 Å². The third-order valence-corrected chi connectivity index (χ3v) is 0.644. The van der Waals surface area contributed by atoms with Crippen LogP contribution >= 0.6 is 0 Å². The van der Waals surface area contributed by atoms with E-state index in [9.17, 15) is 0 Å². The van der Waals surface area contributed by atoms with Crippen LogP contribution in [0.4, 0.5) is 0 Å². The summed E-state index contributed by atoms with van der Waals surface area (Å²) in [5.41, 5.74) is 0. The van der Waals surface area contributed by atoms with Gasteiger partial charge in [0.1, 0.15) is 13.8 Å².